The van der Waals surface area contributed by atoms with E-state index in [4.69, 9.17) is 16.3 Å². The number of rotatable bonds is 4. The summed E-state index contributed by atoms with van der Waals surface area (Å²) in [4.78, 5) is 3.41. The Labute approximate surface area is 95.6 Å². The van der Waals surface area contributed by atoms with Crippen LogP contribution in [0.3, 0.4) is 0 Å². The molecule has 0 amide bonds. The van der Waals surface area contributed by atoms with Crippen LogP contribution in [-0.2, 0) is 10.9 Å². The van der Waals surface area contributed by atoms with Gasteiger partial charge in [-0.1, -0.05) is 11.6 Å². The number of hydrogen-bond acceptors (Lipinski definition) is 3. The Morgan fingerprint density at radius 2 is 2.19 bits per heavy atom. The maximum atomic E-state index is 12.5. The molecule has 16 heavy (non-hydrogen) atoms. The molecule has 1 rings (SSSR count). The Balaban J connectivity index is 2.90. The second kappa shape index (κ2) is 5.36. The van der Waals surface area contributed by atoms with Crippen LogP contribution in [0.15, 0.2) is 12.3 Å². The molecule has 1 aromatic rings. The van der Waals surface area contributed by atoms with Crippen molar-refractivity contribution in [3.8, 4) is 0 Å². The van der Waals surface area contributed by atoms with Crippen LogP contribution in [-0.4, -0.2) is 25.2 Å². The second-order valence-corrected chi connectivity index (χ2v) is 3.36. The lowest BCUT2D eigenvalue weighted by Crippen LogP contribution is -2.14. The molecule has 0 unspecified atom stereocenters. The summed E-state index contributed by atoms with van der Waals surface area (Å²) in [6.07, 6.45) is -3.75. The number of anilines is 1. The molecule has 0 aliphatic carbocycles. The van der Waals surface area contributed by atoms with E-state index in [1.807, 2.05) is 0 Å². The number of hydrogen-bond donors (Lipinski definition) is 1. The molecule has 90 valence electrons. The largest absolute Gasteiger partial charge is 0.419 e. The zero-order valence-corrected chi connectivity index (χ0v) is 9.19. The van der Waals surface area contributed by atoms with E-state index in [0.717, 1.165) is 6.07 Å². The first-order chi connectivity index (χ1) is 7.45. The van der Waals surface area contributed by atoms with Gasteiger partial charge in [-0.05, 0) is 6.07 Å². The third-order valence-electron chi connectivity index (χ3n) is 1.80. The zero-order valence-electron chi connectivity index (χ0n) is 8.44. The fraction of sp³-hybridized carbons (Fsp3) is 0.444. The lowest BCUT2D eigenvalue weighted by molar-refractivity contribution is -0.137. The van der Waals surface area contributed by atoms with E-state index in [-0.39, 0.29) is 17.4 Å². The average molecular weight is 255 g/mol. The molecule has 0 atom stereocenters. The van der Waals surface area contributed by atoms with Gasteiger partial charge in [-0.15, -0.1) is 0 Å². The number of ether oxygens (including phenoxy) is 1. The number of alkyl halides is 3. The van der Waals surface area contributed by atoms with Crippen molar-refractivity contribution in [3.63, 3.8) is 0 Å². The summed E-state index contributed by atoms with van der Waals surface area (Å²) in [7, 11) is 1.46. The summed E-state index contributed by atoms with van der Waals surface area (Å²) >= 11 is 5.53. The molecular weight excluding hydrogens is 245 g/mol. The van der Waals surface area contributed by atoms with Gasteiger partial charge < -0.3 is 10.1 Å². The van der Waals surface area contributed by atoms with E-state index in [9.17, 15) is 13.2 Å². The highest BCUT2D eigenvalue weighted by atomic mass is 35.5. The van der Waals surface area contributed by atoms with Crippen molar-refractivity contribution < 1.29 is 17.9 Å². The lowest BCUT2D eigenvalue weighted by atomic mass is 10.2. The van der Waals surface area contributed by atoms with Gasteiger partial charge in [-0.25, -0.2) is 4.98 Å². The smallest absolute Gasteiger partial charge is 0.383 e. The van der Waals surface area contributed by atoms with Crippen LogP contribution in [0.25, 0.3) is 0 Å². The van der Waals surface area contributed by atoms with Crippen molar-refractivity contribution >= 4 is 17.3 Å². The summed E-state index contributed by atoms with van der Waals surface area (Å²) in [5, 5.41) is 2.60. The molecule has 0 saturated carbocycles. The van der Waals surface area contributed by atoms with Gasteiger partial charge in [-0.2, -0.15) is 13.2 Å². The molecule has 0 aliphatic rings. The van der Waals surface area contributed by atoms with E-state index in [0.29, 0.717) is 12.8 Å². The molecule has 0 fully saturated rings. The molecule has 0 aliphatic heterocycles. The molecule has 1 aromatic heterocycles. The summed E-state index contributed by atoms with van der Waals surface area (Å²) in [6.45, 7) is 0.567. The molecule has 0 bridgehead atoms. The molecule has 0 radical (unpaired) electrons. The van der Waals surface area contributed by atoms with Gasteiger partial charge in [-0.3, -0.25) is 0 Å². The van der Waals surface area contributed by atoms with Gasteiger partial charge in [0.2, 0.25) is 0 Å². The van der Waals surface area contributed by atoms with Gasteiger partial charge in [0, 0.05) is 19.9 Å². The van der Waals surface area contributed by atoms with Crippen LogP contribution < -0.4 is 5.32 Å². The van der Waals surface area contributed by atoms with Crippen molar-refractivity contribution in [1.82, 2.24) is 4.98 Å². The lowest BCUT2D eigenvalue weighted by Gasteiger charge is -2.13. The Hall–Kier alpha value is -1.01. The minimum absolute atomic E-state index is 0.00733. The van der Waals surface area contributed by atoms with E-state index in [1.165, 1.54) is 7.11 Å². The first kappa shape index (κ1) is 13.1. The number of nitrogens with one attached hydrogen (secondary N) is 1. The maximum absolute atomic E-state index is 12.5. The SMILES string of the molecule is COCCNc1cc(Cl)ncc1C(F)(F)F. The Morgan fingerprint density at radius 1 is 1.50 bits per heavy atom. The molecular formula is C9H10ClF3N2O. The van der Waals surface area contributed by atoms with E-state index in [1.54, 1.807) is 0 Å². The normalized spacial score (nSPS) is 11.6. The van der Waals surface area contributed by atoms with Crippen LogP contribution in [0.4, 0.5) is 18.9 Å². The molecule has 0 spiro atoms. The van der Waals surface area contributed by atoms with Crippen molar-refractivity contribution in [1.29, 1.82) is 0 Å². The van der Waals surface area contributed by atoms with E-state index < -0.39 is 11.7 Å². The monoisotopic (exact) mass is 254 g/mol. The highest BCUT2D eigenvalue weighted by Crippen LogP contribution is 2.35. The highest BCUT2D eigenvalue weighted by Gasteiger charge is 2.34. The van der Waals surface area contributed by atoms with Crippen LogP contribution in [0.5, 0.6) is 0 Å². The molecule has 0 aromatic carbocycles. The Morgan fingerprint density at radius 3 is 2.75 bits per heavy atom. The fourth-order valence-electron chi connectivity index (χ4n) is 1.09. The predicted molar refractivity (Wildman–Crippen MR) is 54.6 cm³/mol. The quantitative estimate of drug-likeness (QED) is 0.663. The second-order valence-electron chi connectivity index (χ2n) is 2.97. The Bertz CT molecular complexity index is 357. The van der Waals surface area contributed by atoms with E-state index >= 15 is 0 Å². The van der Waals surface area contributed by atoms with E-state index in [2.05, 4.69) is 10.3 Å². The van der Waals surface area contributed by atoms with Gasteiger partial charge in [0.05, 0.1) is 17.9 Å². The van der Waals surface area contributed by atoms with Crippen molar-refractivity contribution in [3.05, 3.63) is 23.0 Å². The Kier molecular flexibility index (Phi) is 4.37. The van der Waals surface area contributed by atoms with Crippen LogP contribution in [0, 0.1) is 0 Å². The highest BCUT2D eigenvalue weighted by molar-refractivity contribution is 6.29. The summed E-state index contributed by atoms with van der Waals surface area (Å²) < 4.78 is 42.3. The number of methoxy groups -OCH3 is 1. The van der Waals surface area contributed by atoms with Crippen LogP contribution in [0.1, 0.15) is 5.56 Å². The minimum atomic E-state index is -4.45. The number of halogens is 4. The first-order valence-corrected chi connectivity index (χ1v) is 4.78. The minimum Gasteiger partial charge on any atom is -0.383 e. The third kappa shape index (κ3) is 3.53. The van der Waals surface area contributed by atoms with Crippen molar-refractivity contribution in [2.75, 3.05) is 25.6 Å². The number of pyridine rings is 1. The summed E-state index contributed by atoms with van der Waals surface area (Å²) in [5.74, 6) is 0. The van der Waals surface area contributed by atoms with Gasteiger partial charge in [0.15, 0.2) is 0 Å². The summed E-state index contributed by atoms with van der Waals surface area (Å²) in [6, 6.07) is 1.14. The number of aromatic nitrogens is 1. The first-order valence-electron chi connectivity index (χ1n) is 4.40. The molecule has 7 heteroatoms. The average Bonchev–Trinajstić information content (AvgIpc) is 2.16. The van der Waals surface area contributed by atoms with Gasteiger partial charge in [0.1, 0.15) is 5.15 Å². The predicted octanol–water partition coefficient (Wildman–Crippen LogP) is 2.81. The third-order valence-corrected chi connectivity index (χ3v) is 2.00. The fourth-order valence-corrected chi connectivity index (χ4v) is 1.25. The molecule has 1 N–H and O–H groups in total. The van der Waals surface area contributed by atoms with Crippen molar-refractivity contribution in [2.45, 2.75) is 6.18 Å². The van der Waals surface area contributed by atoms with Crippen LogP contribution >= 0.6 is 11.6 Å². The topological polar surface area (TPSA) is 34.1 Å². The van der Waals surface area contributed by atoms with Gasteiger partial charge in [0.25, 0.3) is 0 Å². The maximum Gasteiger partial charge on any atom is 0.419 e. The van der Waals surface area contributed by atoms with Gasteiger partial charge >= 0.3 is 6.18 Å². The van der Waals surface area contributed by atoms with Crippen molar-refractivity contribution in [2.24, 2.45) is 0 Å². The molecule has 1 heterocycles. The summed E-state index contributed by atoms with van der Waals surface area (Å²) in [5.41, 5.74) is -0.933. The zero-order chi connectivity index (χ0) is 12.2. The van der Waals surface area contributed by atoms with Crippen LogP contribution in [0.2, 0.25) is 5.15 Å². The molecule has 3 nitrogen and oxygen atoms in total. The number of nitrogens with zero attached hydrogens (tertiary/aromatic N) is 1. The standard InChI is InChI=1S/C9H10ClF3N2O/c1-16-3-2-14-7-4-8(10)15-5-6(7)9(11,12)13/h4-5H,2-3H2,1H3,(H,14,15). The molecule has 0 saturated heterocycles.